The summed E-state index contributed by atoms with van der Waals surface area (Å²) in [6.45, 7) is 3.93. The molecule has 0 fully saturated rings. The van der Waals surface area contributed by atoms with Crippen LogP contribution in [0.5, 0.6) is 0 Å². The molecule has 0 spiro atoms. The number of aromatic nitrogens is 1. The molecule has 24 heavy (non-hydrogen) atoms. The summed E-state index contributed by atoms with van der Waals surface area (Å²) in [7, 11) is -3.71. The molecule has 124 valence electrons. The molecule has 2 aromatic carbocycles. The Balaban J connectivity index is 2.12. The highest BCUT2D eigenvalue weighted by Crippen LogP contribution is 2.34. The number of hydrogen-bond acceptors (Lipinski definition) is 5. The lowest BCUT2D eigenvalue weighted by Gasteiger charge is -2.01. The van der Waals surface area contributed by atoms with Gasteiger partial charge in [-0.25, -0.2) is 8.42 Å². The highest BCUT2D eigenvalue weighted by molar-refractivity contribution is 8.00. The van der Waals surface area contributed by atoms with Crippen LogP contribution in [0.2, 0.25) is 0 Å². The zero-order valence-electron chi connectivity index (χ0n) is 13.4. The molecule has 0 aliphatic rings. The minimum Gasteiger partial charge on any atom is -0.428 e. The maximum Gasteiger partial charge on any atom is 0.228 e. The summed E-state index contributed by atoms with van der Waals surface area (Å²) in [6, 6.07) is 15.9. The summed E-state index contributed by atoms with van der Waals surface area (Å²) >= 11 is 1.33. The Morgan fingerprint density at radius 3 is 2.33 bits per heavy atom. The maximum absolute atomic E-state index is 12.9. The number of rotatable bonds is 5. The van der Waals surface area contributed by atoms with Gasteiger partial charge >= 0.3 is 0 Å². The number of nitrogens with zero attached hydrogens (tertiary/aromatic N) is 1. The summed E-state index contributed by atoms with van der Waals surface area (Å²) in [5.41, 5.74) is 1.87. The normalized spacial score (nSPS) is 11.6. The van der Waals surface area contributed by atoms with Gasteiger partial charge in [0.15, 0.2) is 0 Å². The topological polar surface area (TPSA) is 60.2 Å². The van der Waals surface area contributed by atoms with Crippen LogP contribution in [-0.2, 0) is 9.84 Å². The van der Waals surface area contributed by atoms with Crippen molar-refractivity contribution in [3.63, 3.8) is 0 Å². The van der Waals surface area contributed by atoms with Gasteiger partial charge in [0.05, 0.1) is 4.90 Å². The van der Waals surface area contributed by atoms with Gasteiger partial charge in [0.1, 0.15) is 0 Å². The molecule has 0 atom stereocenters. The van der Waals surface area contributed by atoms with Crippen molar-refractivity contribution in [2.45, 2.75) is 28.9 Å². The Bertz CT molecular complexity index is 930. The van der Waals surface area contributed by atoms with E-state index in [-0.39, 0.29) is 9.92 Å². The Morgan fingerprint density at radius 1 is 1.04 bits per heavy atom. The molecule has 0 unspecified atom stereocenters. The van der Waals surface area contributed by atoms with E-state index in [1.54, 1.807) is 30.3 Å². The quantitative estimate of drug-likeness (QED) is 0.623. The SMILES string of the molecule is CCSc1oc(-c2ccc(C)cc2)nc1S(=O)(=O)c1ccccc1. The van der Waals surface area contributed by atoms with E-state index in [2.05, 4.69) is 4.98 Å². The van der Waals surface area contributed by atoms with E-state index in [9.17, 15) is 8.42 Å². The molecule has 0 radical (unpaired) electrons. The average Bonchev–Trinajstić information content (AvgIpc) is 3.01. The fraction of sp³-hybridized carbons (Fsp3) is 0.167. The Labute approximate surface area is 145 Å². The van der Waals surface area contributed by atoms with E-state index in [4.69, 9.17) is 4.42 Å². The summed E-state index contributed by atoms with van der Waals surface area (Å²) < 4.78 is 31.5. The number of aryl methyl sites for hydroxylation is 1. The van der Waals surface area contributed by atoms with Gasteiger partial charge in [0, 0.05) is 5.56 Å². The van der Waals surface area contributed by atoms with Crippen LogP contribution in [0.25, 0.3) is 11.5 Å². The van der Waals surface area contributed by atoms with Crippen molar-refractivity contribution in [2.24, 2.45) is 0 Å². The second kappa shape index (κ2) is 6.83. The van der Waals surface area contributed by atoms with Crippen molar-refractivity contribution in [3.05, 3.63) is 60.2 Å². The Hall–Kier alpha value is -2.05. The lowest BCUT2D eigenvalue weighted by Crippen LogP contribution is -2.03. The molecule has 0 bridgehead atoms. The molecule has 0 saturated carbocycles. The number of thioether (sulfide) groups is 1. The predicted octanol–water partition coefficient (Wildman–Crippen LogP) is 4.59. The third-order valence-electron chi connectivity index (χ3n) is 3.45. The van der Waals surface area contributed by atoms with E-state index >= 15 is 0 Å². The fourth-order valence-electron chi connectivity index (χ4n) is 2.22. The molecule has 0 amide bonds. The molecule has 3 rings (SSSR count). The van der Waals surface area contributed by atoms with Gasteiger partial charge in [-0.3, -0.25) is 0 Å². The van der Waals surface area contributed by atoms with Gasteiger partial charge < -0.3 is 4.42 Å². The van der Waals surface area contributed by atoms with Crippen molar-refractivity contribution in [1.29, 1.82) is 0 Å². The predicted molar refractivity (Wildman–Crippen MR) is 95.0 cm³/mol. The molecule has 6 heteroatoms. The van der Waals surface area contributed by atoms with Crippen LogP contribution in [0, 0.1) is 6.92 Å². The maximum atomic E-state index is 12.9. The van der Waals surface area contributed by atoms with E-state index in [1.165, 1.54) is 11.8 Å². The molecule has 1 aromatic heterocycles. The second-order valence-corrected chi connectivity index (χ2v) is 8.33. The van der Waals surface area contributed by atoms with E-state index < -0.39 is 9.84 Å². The average molecular weight is 359 g/mol. The zero-order chi connectivity index (χ0) is 17.2. The Morgan fingerprint density at radius 2 is 1.71 bits per heavy atom. The summed E-state index contributed by atoms with van der Waals surface area (Å²) in [5.74, 6) is 1.01. The van der Waals surface area contributed by atoms with Crippen LogP contribution in [0.1, 0.15) is 12.5 Å². The van der Waals surface area contributed by atoms with Crippen molar-refractivity contribution in [3.8, 4) is 11.5 Å². The van der Waals surface area contributed by atoms with Crippen LogP contribution in [0.15, 0.2) is 74.0 Å². The van der Waals surface area contributed by atoms with Crippen molar-refractivity contribution in [2.75, 3.05) is 5.75 Å². The molecule has 0 N–H and O–H groups in total. The van der Waals surface area contributed by atoms with Crippen molar-refractivity contribution < 1.29 is 12.8 Å². The fourth-order valence-corrected chi connectivity index (χ4v) is 4.49. The van der Waals surface area contributed by atoms with Gasteiger partial charge in [0.25, 0.3) is 0 Å². The van der Waals surface area contributed by atoms with Crippen molar-refractivity contribution in [1.82, 2.24) is 4.98 Å². The van der Waals surface area contributed by atoms with Crippen LogP contribution >= 0.6 is 11.8 Å². The monoisotopic (exact) mass is 359 g/mol. The number of benzene rings is 2. The molecule has 4 nitrogen and oxygen atoms in total. The third kappa shape index (κ3) is 3.25. The Kier molecular flexibility index (Phi) is 4.78. The van der Waals surface area contributed by atoms with Crippen molar-refractivity contribution >= 4 is 21.6 Å². The van der Waals surface area contributed by atoms with Gasteiger partial charge in [-0.1, -0.05) is 54.6 Å². The first-order valence-corrected chi connectivity index (χ1v) is 10.00. The first kappa shape index (κ1) is 16.8. The first-order valence-electron chi connectivity index (χ1n) is 7.53. The molecule has 3 aromatic rings. The van der Waals surface area contributed by atoms with Crippen LogP contribution in [0.4, 0.5) is 0 Å². The molecular weight excluding hydrogens is 342 g/mol. The molecule has 1 heterocycles. The van der Waals surface area contributed by atoms with E-state index in [0.717, 1.165) is 11.1 Å². The van der Waals surface area contributed by atoms with Gasteiger partial charge in [-0.2, -0.15) is 4.98 Å². The molecule has 0 saturated heterocycles. The summed E-state index contributed by atoms with van der Waals surface area (Å²) in [5, 5.41) is 0.313. The number of hydrogen-bond donors (Lipinski definition) is 0. The minimum absolute atomic E-state index is 0.0175. The van der Waals surface area contributed by atoms with Crippen LogP contribution in [0.3, 0.4) is 0 Å². The van der Waals surface area contributed by atoms with Crippen LogP contribution in [-0.4, -0.2) is 19.2 Å². The minimum atomic E-state index is -3.71. The summed E-state index contributed by atoms with van der Waals surface area (Å²) in [4.78, 5) is 4.52. The van der Waals surface area contributed by atoms with E-state index in [0.29, 0.717) is 16.7 Å². The largest absolute Gasteiger partial charge is 0.428 e. The zero-order valence-corrected chi connectivity index (χ0v) is 15.0. The lowest BCUT2D eigenvalue weighted by molar-refractivity contribution is 0.470. The highest BCUT2D eigenvalue weighted by Gasteiger charge is 2.28. The number of oxazole rings is 1. The lowest BCUT2D eigenvalue weighted by atomic mass is 10.1. The third-order valence-corrected chi connectivity index (χ3v) is 6.08. The van der Waals surface area contributed by atoms with E-state index in [1.807, 2.05) is 38.1 Å². The second-order valence-electron chi connectivity index (χ2n) is 5.23. The van der Waals surface area contributed by atoms with Gasteiger partial charge in [0.2, 0.25) is 25.8 Å². The molecule has 0 aliphatic carbocycles. The first-order chi connectivity index (χ1) is 11.5. The van der Waals surface area contributed by atoms with Gasteiger partial charge in [-0.15, -0.1) is 0 Å². The highest BCUT2D eigenvalue weighted by atomic mass is 32.2. The number of sulfone groups is 1. The van der Waals surface area contributed by atoms with Gasteiger partial charge in [-0.05, 0) is 36.9 Å². The molecular formula is C18H17NO3S2. The van der Waals surface area contributed by atoms with Crippen LogP contribution < -0.4 is 0 Å². The standard InChI is InChI=1S/C18H17NO3S2/c1-3-23-18-17(24(20,21)15-7-5-4-6-8-15)19-16(22-18)14-11-9-13(2)10-12-14/h4-12H,3H2,1-2H3. The molecule has 0 aliphatic heterocycles. The summed E-state index contributed by atoms with van der Waals surface area (Å²) in [6.07, 6.45) is 0. The smallest absolute Gasteiger partial charge is 0.228 e.